The molecule has 4 heteroatoms. The van der Waals surface area contributed by atoms with Crippen molar-refractivity contribution in [3.8, 4) is 5.75 Å². The molecule has 1 aromatic heterocycles. The third-order valence-corrected chi connectivity index (χ3v) is 3.20. The highest BCUT2D eigenvalue weighted by atomic mass is 16.4. The fourth-order valence-electron chi connectivity index (χ4n) is 2.12. The first-order chi connectivity index (χ1) is 10.6. The van der Waals surface area contributed by atoms with Crippen LogP contribution < -0.4 is 5.63 Å². The van der Waals surface area contributed by atoms with Crippen LogP contribution in [0.25, 0.3) is 17.0 Å². The van der Waals surface area contributed by atoms with Crippen LogP contribution in [-0.4, -0.2) is 10.9 Å². The van der Waals surface area contributed by atoms with E-state index >= 15 is 0 Å². The number of phenolic OH excluding ortho intramolecular Hbond substituents is 1. The van der Waals surface area contributed by atoms with E-state index in [9.17, 15) is 14.7 Å². The van der Waals surface area contributed by atoms with Crippen LogP contribution in [0.1, 0.15) is 15.9 Å². The summed E-state index contributed by atoms with van der Waals surface area (Å²) in [4.78, 5) is 24.0. The number of hydrogen-bond donors (Lipinski definition) is 1. The standard InChI is InChI=1S/C18H12O4/c19-14-6-3-4-12(10-14)8-9-16(20)15-11-13-5-1-2-7-17(13)22-18(15)21/h1-11,19H/b9-8+. The van der Waals surface area contributed by atoms with E-state index in [0.29, 0.717) is 16.5 Å². The van der Waals surface area contributed by atoms with Gasteiger partial charge in [0.1, 0.15) is 16.9 Å². The number of carbonyl (C=O) groups is 1. The number of hydrogen-bond acceptors (Lipinski definition) is 4. The van der Waals surface area contributed by atoms with E-state index in [0.717, 1.165) is 0 Å². The van der Waals surface area contributed by atoms with Gasteiger partial charge in [-0.3, -0.25) is 4.79 Å². The van der Waals surface area contributed by atoms with Crippen molar-refractivity contribution in [1.82, 2.24) is 0 Å². The molecule has 0 amide bonds. The highest BCUT2D eigenvalue weighted by Crippen LogP contribution is 2.15. The zero-order chi connectivity index (χ0) is 15.5. The number of carbonyl (C=O) groups excluding carboxylic acids is 1. The summed E-state index contributed by atoms with van der Waals surface area (Å²) in [5.41, 5.74) is 0.430. The van der Waals surface area contributed by atoms with Gasteiger partial charge in [0.25, 0.3) is 0 Å². The summed E-state index contributed by atoms with van der Waals surface area (Å²) >= 11 is 0. The summed E-state index contributed by atoms with van der Waals surface area (Å²) in [6.45, 7) is 0. The first kappa shape index (κ1) is 13.8. The molecule has 0 saturated carbocycles. The fourth-order valence-corrected chi connectivity index (χ4v) is 2.12. The molecule has 108 valence electrons. The van der Waals surface area contributed by atoms with Crippen LogP contribution in [0.2, 0.25) is 0 Å². The Kier molecular flexibility index (Phi) is 3.58. The van der Waals surface area contributed by atoms with Crippen molar-refractivity contribution in [2.75, 3.05) is 0 Å². The Hall–Kier alpha value is -3.14. The minimum absolute atomic E-state index is 0.0184. The second kappa shape index (κ2) is 5.69. The quantitative estimate of drug-likeness (QED) is 0.456. The van der Waals surface area contributed by atoms with Gasteiger partial charge in [-0.2, -0.15) is 0 Å². The highest BCUT2D eigenvalue weighted by Gasteiger charge is 2.10. The molecule has 0 saturated heterocycles. The largest absolute Gasteiger partial charge is 0.508 e. The fraction of sp³-hybridized carbons (Fsp3) is 0. The van der Waals surface area contributed by atoms with Gasteiger partial charge in [-0.25, -0.2) is 4.79 Å². The molecule has 2 aromatic carbocycles. The van der Waals surface area contributed by atoms with E-state index < -0.39 is 11.4 Å². The summed E-state index contributed by atoms with van der Waals surface area (Å²) < 4.78 is 5.13. The molecule has 1 N–H and O–H groups in total. The Balaban J connectivity index is 1.95. The van der Waals surface area contributed by atoms with Crippen LogP contribution >= 0.6 is 0 Å². The van der Waals surface area contributed by atoms with E-state index in [1.54, 1.807) is 36.4 Å². The van der Waals surface area contributed by atoms with E-state index in [1.807, 2.05) is 0 Å². The average Bonchev–Trinajstić information content (AvgIpc) is 2.52. The molecule has 0 unspecified atom stereocenters. The van der Waals surface area contributed by atoms with E-state index in [4.69, 9.17) is 4.42 Å². The van der Waals surface area contributed by atoms with Crippen LogP contribution in [0.3, 0.4) is 0 Å². The van der Waals surface area contributed by atoms with Crippen molar-refractivity contribution >= 4 is 22.8 Å². The predicted molar refractivity (Wildman–Crippen MR) is 84.0 cm³/mol. The molecule has 3 aromatic rings. The number of para-hydroxylation sites is 1. The lowest BCUT2D eigenvalue weighted by molar-refractivity contribution is 0.104. The van der Waals surface area contributed by atoms with E-state index in [2.05, 4.69) is 0 Å². The molecule has 22 heavy (non-hydrogen) atoms. The molecule has 0 atom stereocenters. The van der Waals surface area contributed by atoms with Crippen LogP contribution in [0, 0.1) is 0 Å². The Morgan fingerprint density at radius 1 is 1.05 bits per heavy atom. The van der Waals surface area contributed by atoms with E-state index in [1.165, 1.54) is 30.4 Å². The summed E-state index contributed by atoms with van der Waals surface area (Å²) in [6, 6.07) is 15.0. The van der Waals surface area contributed by atoms with Crippen molar-refractivity contribution in [3.63, 3.8) is 0 Å². The molecule has 3 rings (SSSR count). The molecular formula is C18H12O4. The molecule has 1 heterocycles. The first-order valence-electron chi connectivity index (χ1n) is 6.68. The number of aromatic hydroxyl groups is 1. The molecular weight excluding hydrogens is 280 g/mol. The maximum absolute atomic E-state index is 12.2. The van der Waals surface area contributed by atoms with Gasteiger partial charge in [0, 0.05) is 5.39 Å². The number of ketones is 1. The first-order valence-corrected chi connectivity index (χ1v) is 6.68. The summed E-state index contributed by atoms with van der Waals surface area (Å²) in [6.07, 6.45) is 2.83. The van der Waals surface area contributed by atoms with Gasteiger partial charge >= 0.3 is 5.63 Å². The van der Waals surface area contributed by atoms with Crippen molar-refractivity contribution in [3.05, 3.63) is 82.2 Å². The molecule has 0 bridgehead atoms. The van der Waals surface area contributed by atoms with Crippen molar-refractivity contribution in [1.29, 1.82) is 0 Å². The summed E-state index contributed by atoms with van der Waals surface area (Å²) in [5, 5.41) is 10.1. The number of rotatable bonds is 3. The Bertz CT molecular complexity index is 935. The third kappa shape index (κ3) is 2.81. The van der Waals surface area contributed by atoms with Gasteiger partial charge in [-0.15, -0.1) is 0 Å². The second-order valence-electron chi connectivity index (χ2n) is 4.78. The van der Waals surface area contributed by atoms with Crippen LogP contribution in [0.15, 0.2) is 69.9 Å². The second-order valence-corrected chi connectivity index (χ2v) is 4.78. The molecule has 0 spiro atoms. The number of phenols is 1. The van der Waals surface area contributed by atoms with Gasteiger partial charge < -0.3 is 9.52 Å². The summed E-state index contributed by atoms with van der Waals surface area (Å²) in [5.74, 6) is -0.331. The van der Waals surface area contributed by atoms with Gasteiger partial charge in [-0.1, -0.05) is 36.4 Å². The monoisotopic (exact) mass is 292 g/mol. The average molecular weight is 292 g/mol. The van der Waals surface area contributed by atoms with Crippen molar-refractivity contribution < 1.29 is 14.3 Å². The molecule has 0 aliphatic carbocycles. The van der Waals surface area contributed by atoms with E-state index in [-0.39, 0.29) is 11.3 Å². The topological polar surface area (TPSA) is 67.5 Å². The lowest BCUT2D eigenvalue weighted by atomic mass is 10.1. The molecule has 0 aliphatic rings. The molecule has 0 radical (unpaired) electrons. The van der Waals surface area contributed by atoms with Gasteiger partial charge in [-0.05, 0) is 35.9 Å². The third-order valence-electron chi connectivity index (χ3n) is 3.20. The van der Waals surface area contributed by atoms with Gasteiger partial charge in [0.2, 0.25) is 0 Å². The number of benzene rings is 2. The molecule has 0 aliphatic heterocycles. The summed E-state index contributed by atoms with van der Waals surface area (Å²) in [7, 11) is 0. The zero-order valence-corrected chi connectivity index (χ0v) is 11.5. The van der Waals surface area contributed by atoms with Crippen LogP contribution in [0.4, 0.5) is 0 Å². The number of allylic oxidation sites excluding steroid dienone is 1. The van der Waals surface area contributed by atoms with Crippen molar-refractivity contribution in [2.45, 2.75) is 0 Å². The van der Waals surface area contributed by atoms with Crippen LogP contribution in [-0.2, 0) is 0 Å². The Morgan fingerprint density at radius 3 is 2.68 bits per heavy atom. The molecule has 4 nitrogen and oxygen atoms in total. The van der Waals surface area contributed by atoms with Gasteiger partial charge in [0.05, 0.1) is 0 Å². The molecule has 0 fully saturated rings. The SMILES string of the molecule is O=C(/C=C/c1cccc(O)c1)c1cc2ccccc2oc1=O. The van der Waals surface area contributed by atoms with Crippen LogP contribution in [0.5, 0.6) is 5.75 Å². The number of fused-ring (bicyclic) bond motifs is 1. The maximum atomic E-state index is 12.2. The normalized spacial score (nSPS) is 11.1. The minimum atomic E-state index is -0.663. The Morgan fingerprint density at radius 2 is 1.86 bits per heavy atom. The minimum Gasteiger partial charge on any atom is -0.508 e. The zero-order valence-electron chi connectivity index (χ0n) is 11.5. The smallest absolute Gasteiger partial charge is 0.347 e. The highest BCUT2D eigenvalue weighted by molar-refractivity contribution is 6.07. The maximum Gasteiger partial charge on any atom is 0.347 e. The van der Waals surface area contributed by atoms with Gasteiger partial charge in [0.15, 0.2) is 5.78 Å². The lowest BCUT2D eigenvalue weighted by Gasteiger charge is -1.99. The lowest BCUT2D eigenvalue weighted by Crippen LogP contribution is -2.11. The van der Waals surface area contributed by atoms with Crippen molar-refractivity contribution in [2.24, 2.45) is 0 Å². The Labute approximate surface area is 125 Å². The predicted octanol–water partition coefficient (Wildman–Crippen LogP) is 3.39.